The van der Waals surface area contributed by atoms with E-state index in [0.29, 0.717) is 19.0 Å². The van der Waals surface area contributed by atoms with Crippen molar-refractivity contribution >= 4 is 11.8 Å². The van der Waals surface area contributed by atoms with Crippen LogP contribution in [0.5, 0.6) is 0 Å². The van der Waals surface area contributed by atoms with E-state index in [0.717, 1.165) is 12.8 Å². The van der Waals surface area contributed by atoms with Crippen LogP contribution >= 0.6 is 0 Å². The van der Waals surface area contributed by atoms with Crippen LogP contribution in [0, 0.1) is 5.92 Å². The first-order valence-electron chi connectivity index (χ1n) is 5.67. The molecule has 2 unspecified atom stereocenters. The van der Waals surface area contributed by atoms with Crippen molar-refractivity contribution in [2.75, 3.05) is 13.1 Å². The highest BCUT2D eigenvalue weighted by Gasteiger charge is 2.32. The molecular formula is C11H20N2O2. The molecule has 2 atom stereocenters. The number of nitrogens with one attached hydrogen (secondary N) is 1. The van der Waals surface area contributed by atoms with E-state index in [1.54, 1.807) is 0 Å². The Balaban J connectivity index is 2.66. The molecule has 0 aromatic heterocycles. The molecule has 0 saturated carbocycles. The van der Waals surface area contributed by atoms with E-state index < -0.39 is 0 Å². The van der Waals surface area contributed by atoms with Gasteiger partial charge in [-0.3, -0.25) is 19.8 Å². The molecule has 4 heteroatoms. The molecule has 15 heavy (non-hydrogen) atoms. The van der Waals surface area contributed by atoms with Crippen LogP contribution in [0.1, 0.15) is 33.6 Å². The summed E-state index contributed by atoms with van der Waals surface area (Å²) in [4.78, 5) is 24.8. The van der Waals surface area contributed by atoms with Crippen molar-refractivity contribution in [2.24, 2.45) is 5.92 Å². The standard InChI is InChI=1S/C11H20N2O2/c1-4-8(3)7-13-10(14)6-12-9(5-2)11(13)15/h8-9,12H,4-7H2,1-3H3. The van der Waals surface area contributed by atoms with Gasteiger partial charge in [-0.05, 0) is 12.3 Å². The van der Waals surface area contributed by atoms with E-state index in [1.807, 2.05) is 6.92 Å². The van der Waals surface area contributed by atoms with Crippen molar-refractivity contribution in [1.82, 2.24) is 10.2 Å². The van der Waals surface area contributed by atoms with Crippen LogP contribution in [0.25, 0.3) is 0 Å². The van der Waals surface area contributed by atoms with Gasteiger partial charge in [0.2, 0.25) is 11.8 Å². The van der Waals surface area contributed by atoms with E-state index in [1.165, 1.54) is 4.90 Å². The van der Waals surface area contributed by atoms with Gasteiger partial charge >= 0.3 is 0 Å². The van der Waals surface area contributed by atoms with Gasteiger partial charge in [-0.1, -0.05) is 27.2 Å². The molecule has 0 aromatic carbocycles. The zero-order chi connectivity index (χ0) is 11.4. The molecule has 1 rings (SSSR count). The highest BCUT2D eigenvalue weighted by molar-refractivity contribution is 6.01. The van der Waals surface area contributed by atoms with E-state index >= 15 is 0 Å². The van der Waals surface area contributed by atoms with Gasteiger partial charge in [0.15, 0.2) is 0 Å². The van der Waals surface area contributed by atoms with Gasteiger partial charge in [0.1, 0.15) is 0 Å². The SMILES string of the molecule is CCC(C)CN1C(=O)CNC(CC)C1=O. The average Bonchev–Trinajstić information content (AvgIpc) is 2.24. The summed E-state index contributed by atoms with van der Waals surface area (Å²) in [5.74, 6) is 0.229. The lowest BCUT2D eigenvalue weighted by molar-refractivity contribution is -0.150. The Morgan fingerprint density at radius 2 is 2.13 bits per heavy atom. The lowest BCUT2D eigenvalue weighted by atomic mass is 10.1. The van der Waals surface area contributed by atoms with Gasteiger partial charge < -0.3 is 0 Å². The summed E-state index contributed by atoms with van der Waals surface area (Å²) in [6.45, 7) is 6.93. The number of hydrogen-bond acceptors (Lipinski definition) is 3. The molecule has 0 aromatic rings. The van der Waals surface area contributed by atoms with E-state index in [2.05, 4.69) is 19.2 Å². The van der Waals surface area contributed by atoms with Crippen LogP contribution in [0.3, 0.4) is 0 Å². The van der Waals surface area contributed by atoms with Crippen molar-refractivity contribution in [3.63, 3.8) is 0 Å². The third kappa shape index (κ3) is 2.78. The zero-order valence-electron chi connectivity index (χ0n) is 9.75. The van der Waals surface area contributed by atoms with E-state index in [-0.39, 0.29) is 17.9 Å². The Labute approximate surface area is 91.0 Å². The lowest BCUT2D eigenvalue weighted by Crippen LogP contribution is -2.58. The third-order valence-electron chi connectivity index (χ3n) is 2.96. The number of amides is 2. The third-order valence-corrected chi connectivity index (χ3v) is 2.96. The summed E-state index contributed by atoms with van der Waals surface area (Å²) in [5, 5.41) is 2.95. The second-order valence-electron chi connectivity index (χ2n) is 4.20. The second kappa shape index (κ2) is 5.26. The number of piperazine rings is 1. The van der Waals surface area contributed by atoms with Gasteiger partial charge in [-0.25, -0.2) is 0 Å². The maximum absolute atomic E-state index is 11.9. The van der Waals surface area contributed by atoms with Crippen LogP contribution in [-0.2, 0) is 9.59 Å². The minimum atomic E-state index is -0.174. The molecule has 86 valence electrons. The van der Waals surface area contributed by atoms with Crippen molar-refractivity contribution in [3.05, 3.63) is 0 Å². The molecule has 1 aliphatic heterocycles. The van der Waals surface area contributed by atoms with Gasteiger partial charge in [0, 0.05) is 6.54 Å². The molecule has 0 bridgehead atoms. The van der Waals surface area contributed by atoms with Crippen LogP contribution in [0.2, 0.25) is 0 Å². The van der Waals surface area contributed by atoms with Gasteiger partial charge in [-0.2, -0.15) is 0 Å². The first-order valence-corrected chi connectivity index (χ1v) is 5.67. The summed E-state index contributed by atoms with van der Waals surface area (Å²) >= 11 is 0. The predicted octanol–water partition coefficient (Wildman–Crippen LogP) is 0.769. The smallest absolute Gasteiger partial charge is 0.246 e. The minimum absolute atomic E-state index is 0.0611. The lowest BCUT2D eigenvalue weighted by Gasteiger charge is -2.32. The van der Waals surface area contributed by atoms with E-state index in [4.69, 9.17) is 0 Å². The zero-order valence-corrected chi connectivity index (χ0v) is 9.75. The summed E-state index contributed by atoms with van der Waals surface area (Å²) in [7, 11) is 0. The summed E-state index contributed by atoms with van der Waals surface area (Å²) < 4.78 is 0. The quantitative estimate of drug-likeness (QED) is 0.700. The van der Waals surface area contributed by atoms with Crippen molar-refractivity contribution in [2.45, 2.75) is 39.7 Å². The minimum Gasteiger partial charge on any atom is -0.297 e. The topological polar surface area (TPSA) is 49.4 Å². The second-order valence-corrected chi connectivity index (χ2v) is 4.20. The van der Waals surface area contributed by atoms with Gasteiger partial charge in [0.05, 0.1) is 12.6 Å². The maximum Gasteiger partial charge on any atom is 0.246 e. The first-order chi connectivity index (χ1) is 7.10. The number of imide groups is 1. The molecule has 0 radical (unpaired) electrons. The maximum atomic E-state index is 11.9. The van der Waals surface area contributed by atoms with Crippen LogP contribution in [-0.4, -0.2) is 35.8 Å². The van der Waals surface area contributed by atoms with Crippen LogP contribution in [0.15, 0.2) is 0 Å². The summed E-state index contributed by atoms with van der Waals surface area (Å²) in [6.07, 6.45) is 1.73. The molecule has 0 aliphatic carbocycles. The Kier molecular flexibility index (Phi) is 4.27. The fraction of sp³-hybridized carbons (Fsp3) is 0.818. The molecule has 1 N–H and O–H groups in total. The van der Waals surface area contributed by atoms with Gasteiger partial charge in [0.25, 0.3) is 0 Å². The normalized spacial score (nSPS) is 24.5. The highest BCUT2D eigenvalue weighted by Crippen LogP contribution is 2.10. The fourth-order valence-corrected chi connectivity index (χ4v) is 1.66. The number of nitrogens with zero attached hydrogens (tertiary/aromatic N) is 1. The predicted molar refractivity (Wildman–Crippen MR) is 58.3 cm³/mol. The first kappa shape index (κ1) is 12.2. The van der Waals surface area contributed by atoms with Crippen LogP contribution < -0.4 is 5.32 Å². The van der Waals surface area contributed by atoms with E-state index in [9.17, 15) is 9.59 Å². The Morgan fingerprint density at radius 3 is 2.67 bits per heavy atom. The van der Waals surface area contributed by atoms with Gasteiger partial charge in [-0.15, -0.1) is 0 Å². The molecule has 1 fully saturated rings. The number of hydrogen-bond donors (Lipinski definition) is 1. The number of carbonyl (C=O) groups excluding carboxylic acids is 2. The molecule has 4 nitrogen and oxygen atoms in total. The molecule has 1 aliphatic rings. The largest absolute Gasteiger partial charge is 0.297 e. The Hall–Kier alpha value is -0.900. The number of carbonyl (C=O) groups is 2. The van der Waals surface area contributed by atoms with Crippen molar-refractivity contribution < 1.29 is 9.59 Å². The van der Waals surface area contributed by atoms with Crippen molar-refractivity contribution in [1.29, 1.82) is 0 Å². The monoisotopic (exact) mass is 212 g/mol. The average molecular weight is 212 g/mol. The Morgan fingerprint density at radius 1 is 1.47 bits per heavy atom. The molecule has 2 amide bonds. The van der Waals surface area contributed by atoms with Crippen LogP contribution in [0.4, 0.5) is 0 Å². The fourth-order valence-electron chi connectivity index (χ4n) is 1.66. The molecule has 0 spiro atoms. The molecule has 1 saturated heterocycles. The van der Waals surface area contributed by atoms with Crippen molar-refractivity contribution in [3.8, 4) is 0 Å². The number of rotatable bonds is 4. The molecular weight excluding hydrogens is 192 g/mol. The summed E-state index contributed by atoms with van der Waals surface area (Å²) in [5.41, 5.74) is 0. The summed E-state index contributed by atoms with van der Waals surface area (Å²) in [6, 6.07) is -0.174. The highest BCUT2D eigenvalue weighted by atomic mass is 16.2. The Bertz CT molecular complexity index is 253. The molecule has 1 heterocycles.